The van der Waals surface area contributed by atoms with Crippen LogP contribution in [0.2, 0.25) is 5.02 Å². The van der Waals surface area contributed by atoms with Crippen LogP contribution < -0.4 is 10.0 Å². The Bertz CT molecular complexity index is 1070. The average molecular weight is 491 g/mol. The third-order valence-electron chi connectivity index (χ3n) is 5.01. The first kappa shape index (κ1) is 24.5. The molecule has 0 bridgehead atoms. The maximum absolute atomic E-state index is 13.1. The molecule has 1 unspecified atom stereocenters. The fourth-order valence-electron chi connectivity index (χ4n) is 3.36. The molecule has 1 amide bonds. The smallest absolute Gasteiger partial charge is 0.377 e. The number of benzene rings is 2. The van der Waals surface area contributed by atoms with Crippen molar-refractivity contribution in [3.63, 3.8) is 0 Å². The van der Waals surface area contributed by atoms with E-state index in [9.17, 15) is 26.4 Å². The molecule has 1 fully saturated rings. The summed E-state index contributed by atoms with van der Waals surface area (Å²) in [4.78, 5) is 12.2. The minimum atomic E-state index is -4.49. The van der Waals surface area contributed by atoms with Crippen molar-refractivity contribution < 1.29 is 31.1 Å². The number of carbonyl (C=O) groups excluding carboxylic acids is 1. The molecule has 2 aromatic carbocycles. The van der Waals surface area contributed by atoms with E-state index in [1.54, 1.807) is 0 Å². The lowest BCUT2D eigenvalue weighted by atomic mass is 10.0. The second-order valence-electron chi connectivity index (χ2n) is 7.29. The maximum Gasteiger partial charge on any atom is 0.416 e. The number of rotatable bonds is 8. The standard InChI is InChI=1S/C21H22ClF3N2O4S/c22-18-8-7-15(12-19(18)32(29,30)27-13-16-5-3-11-31-16)20(28)26-10-9-14-4-1-2-6-17(14)21(23,24)25/h1-2,4,6-8,12,16,27H,3,5,9-11,13H2,(H,26,28). The Labute approximate surface area is 189 Å². The van der Waals surface area contributed by atoms with Crippen LogP contribution in [0.25, 0.3) is 0 Å². The van der Waals surface area contributed by atoms with E-state index < -0.39 is 27.7 Å². The molecule has 1 aliphatic rings. The molecular formula is C21H22ClF3N2O4S. The first-order valence-corrected chi connectivity index (χ1v) is 11.8. The summed E-state index contributed by atoms with van der Waals surface area (Å²) < 4.78 is 72.3. The van der Waals surface area contributed by atoms with Crippen molar-refractivity contribution >= 4 is 27.5 Å². The largest absolute Gasteiger partial charge is 0.416 e. The second-order valence-corrected chi connectivity index (χ2v) is 9.44. The number of halogens is 4. The SMILES string of the molecule is O=C(NCCc1ccccc1C(F)(F)F)c1ccc(Cl)c(S(=O)(=O)NCC2CCCO2)c1. The lowest BCUT2D eigenvalue weighted by Gasteiger charge is -2.14. The molecule has 174 valence electrons. The van der Waals surface area contributed by atoms with Crippen molar-refractivity contribution in [2.75, 3.05) is 19.7 Å². The van der Waals surface area contributed by atoms with Crippen molar-refractivity contribution in [2.24, 2.45) is 0 Å². The van der Waals surface area contributed by atoms with Gasteiger partial charge < -0.3 is 10.1 Å². The average Bonchev–Trinajstić information content (AvgIpc) is 3.26. The number of amides is 1. The highest BCUT2D eigenvalue weighted by atomic mass is 35.5. The van der Waals surface area contributed by atoms with Gasteiger partial charge in [-0.1, -0.05) is 29.8 Å². The van der Waals surface area contributed by atoms with Gasteiger partial charge in [-0.15, -0.1) is 0 Å². The third kappa shape index (κ3) is 6.22. The highest BCUT2D eigenvalue weighted by molar-refractivity contribution is 7.89. The fourth-order valence-corrected chi connectivity index (χ4v) is 4.95. The molecule has 0 spiro atoms. The molecule has 0 aromatic heterocycles. The van der Waals surface area contributed by atoms with Crippen LogP contribution in [-0.4, -0.2) is 40.1 Å². The van der Waals surface area contributed by atoms with E-state index in [0.717, 1.165) is 25.0 Å². The molecule has 1 aliphatic heterocycles. The molecule has 6 nitrogen and oxygen atoms in total. The topological polar surface area (TPSA) is 84.5 Å². The summed E-state index contributed by atoms with van der Waals surface area (Å²) in [5.74, 6) is -0.623. The van der Waals surface area contributed by atoms with Crippen LogP contribution in [0.15, 0.2) is 47.4 Å². The van der Waals surface area contributed by atoms with E-state index in [-0.39, 0.29) is 46.7 Å². The number of carbonyl (C=O) groups is 1. The Morgan fingerprint density at radius 1 is 1.19 bits per heavy atom. The van der Waals surface area contributed by atoms with Gasteiger partial charge in [-0.3, -0.25) is 4.79 Å². The van der Waals surface area contributed by atoms with Gasteiger partial charge in [-0.25, -0.2) is 13.1 Å². The third-order valence-corrected chi connectivity index (χ3v) is 6.92. The number of hydrogen-bond donors (Lipinski definition) is 2. The van der Waals surface area contributed by atoms with Crippen molar-refractivity contribution in [1.29, 1.82) is 0 Å². The van der Waals surface area contributed by atoms with E-state index in [1.807, 2.05) is 0 Å². The molecule has 0 aliphatic carbocycles. The molecule has 0 saturated carbocycles. The zero-order valence-corrected chi connectivity index (χ0v) is 18.5. The highest BCUT2D eigenvalue weighted by Crippen LogP contribution is 2.32. The van der Waals surface area contributed by atoms with Crippen LogP contribution >= 0.6 is 11.6 Å². The van der Waals surface area contributed by atoms with Crippen LogP contribution in [0, 0.1) is 0 Å². The zero-order valence-electron chi connectivity index (χ0n) is 16.9. The Hall–Kier alpha value is -2.14. The number of alkyl halides is 3. The monoisotopic (exact) mass is 490 g/mol. The molecule has 1 saturated heterocycles. The van der Waals surface area contributed by atoms with Crippen LogP contribution in [0.5, 0.6) is 0 Å². The highest BCUT2D eigenvalue weighted by Gasteiger charge is 2.32. The van der Waals surface area contributed by atoms with Gasteiger partial charge >= 0.3 is 6.18 Å². The van der Waals surface area contributed by atoms with Gasteiger partial charge in [0.15, 0.2) is 0 Å². The van der Waals surface area contributed by atoms with Crippen LogP contribution in [-0.2, 0) is 27.4 Å². The Balaban J connectivity index is 1.65. The van der Waals surface area contributed by atoms with Crippen LogP contribution in [0.4, 0.5) is 13.2 Å². The van der Waals surface area contributed by atoms with E-state index in [1.165, 1.54) is 30.3 Å². The minimum Gasteiger partial charge on any atom is -0.377 e. The Morgan fingerprint density at radius 3 is 2.62 bits per heavy atom. The lowest BCUT2D eigenvalue weighted by molar-refractivity contribution is -0.138. The molecule has 32 heavy (non-hydrogen) atoms. The van der Waals surface area contributed by atoms with Gasteiger partial charge in [-0.05, 0) is 49.1 Å². The van der Waals surface area contributed by atoms with Crippen molar-refractivity contribution in [3.05, 3.63) is 64.2 Å². The zero-order chi connectivity index (χ0) is 23.4. The van der Waals surface area contributed by atoms with Crippen LogP contribution in [0.1, 0.15) is 34.3 Å². The summed E-state index contributed by atoms with van der Waals surface area (Å²) in [6.45, 7) is 0.609. The van der Waals surface area contributed by atoms with E-state index >= 15 is 0 Å². The van der Waals surface area contributed by atoms with Gasteiger partial charge in [0.05, 0.1) is 16.7 Å². The van der Waals surface area contributed by atoms with Crippen molar-refractivity contribution in [2.45, 2.75) is 36.4 Å². The predicted octanol–water partition coefficient (Wildman–Crippen LogP) is 3.79. The van der Waals surface area contributed by atoms with Crippen molar-refractivity contribution in [1.82, 2.24) is 10.0 Å². The molecule has 1 atom stereocenters. The summed E-state index contributed by atoms with van der Waals surface area (Å²) >= 11 is 6.04. The summed E-state index contributed by atoms with van der Waals surface area (Å²) in [6.07, 6.45) is -3.14. The molecule has 0 radical (unpaired) electrons. The molecular weight excluding hydrogens is 469 g/mol. The van der Waals surface area contributed by atoms with E-state index in [4.69, 9.17) is 16.3 Å². The van der Waals surface area contributed by atoms with Crippen molar-refractivity contribution in [3.8, 4) is 0 Å². The van der Waals surface area contributed by atoms with Gasteiger partial charge in [0.25, 0.3) is 5.91 Å². The number of sulfonamides is 1. The second kappa shape index (κ2) is 10.2. The summed E-state index contributed by atoms with van der Waals surface area (Å²) in [7, 11) is -3.99. The molecule has 1 heterocycles. The summed E-state index contributed by atoms with van der Waals surface area (Å²) in [6, 6.07) is 8.90. The quantitative estimate of drug-likeness (QED) is 0.589. The molecule has 11 heteroatoms. The first-order chi connectivity index (χ1) is 15.1. The Kier molecular flexibility index (Phi) is 7.81. The number of nitrogens with one attached hydrogen (secondary N) is 2. The van der Waals surface area contributed by atoms with Crippen LogP contribution in [0.3, 0.4) is 0 Å². The first-order valence-electron chi connectivity index (χ1n) is 9.92. The Morgan fingerprint density at radius 2 is 1.94 bits per heavy atom. The predicted molar refractivity (Wildman–Crippen MR) is 113 cm³/mol. The molecule has 2 aromatic rings. The van der Waals surface area contributed by atoms with Gasteiger partial charge in [-0.2, -0.15) is 13.2 Å². The number of ether oxygens (including phenoxy) is 1. The minimum absolute atomic E-state index is 0.0241. The normalized spacial score (nSPS) is 16.8. The molecule has 3 rings (SSSR count). The fraction of sp³-hybridized carbons (Fsp3) is 0.381. The van der Waals surface area contributed by atoms with Gasteiger partial charge in [0.1, 0.15) is 4.90 Å². The lowest BCUT2D eigenvalue weighted by Crippen LogP contribution is -2.32. The van der Waals surface area contributed by atoms with Gasteiger partial charge in [0, 0.05) is 25.3 Å². The van der Waals surface area contributed by atoms with E-state index in [2.05, 4.69) is 10.0 Å². The summed E-state index contributed by atoms with van der Waals surface area (Å²) in [5.41, 5.74) is -0.680. The maximum atomic E-state index is 13.1. The van der Waals surface area contributed by atoms with Gasteiger partial charge in [0.2, 0.25) is 10.0 Å². The summed E-state index contributed by atoms with van der Waals surface area (Å²) in [5, 5.41) is 2.46. The van der Waals surface area contributed by atoms with E-state index in [0.29, 0.717) is 6.61 Å². The number of hydrogen-bond acceptors (Lipinski definition) is 4. The molecule has 2 N–H and O–H groups in total.